The van der Waals surface area contributed by atoms with Crippen LogP contribution in [0.25, 0.3) is 0 Å². The summed E-state index contributed by atoms with van der Waals surface area (Å²) in [6, 6.07) is 14.4. The molecule has 7 heteroatoms. The molecule has 1 aliphatic rings. The zero-order chi connectivity index (χ0) is 22.7. The average Bonchev–Trinajstić information content (AvgIpc) is 2.99. The van der Waals surface area contributed by atoms with Gasteiger partial charge in [0.05, 0.1) is 12.2 Å². The van der Waals surface area contributed by atoms with Gasteiger partial charge in [0.25, 0.3) is 0 Å². The maximum absolute atomic E-state index is 14.5. The summed E-state index contributed by atoms with van der Waals surface area (Å²) in [6.07, 6.45) is 0.259. The minimum absolute atomic E-state index is 0.0236. The number of hydrogen-bond donors (Lipinski definition) is 1. The second-order valence-electron chi connectivity index (χ2n) is 8.38. The van der Waals surface area contributed by atoms with Crippen LogP contribution in [0, 0.1) is 19.7 Å². The number of nitrogens with zero attached hydrogens (tertiary/aromatic N) is 3. The second-order valence-corrected chi connectivity index (χ2v) is 8.38. The van der Waals surface area contributed by atoms with E-state index in [4.69, 9.17) is 4.74 Å². The standard InChI is InChI=1S/C25H29FN4O2/c1-17-20(18(2)28-27-17)12-13-29(3)25(31)16-30-14-19-8-4-7-11-23(19)32-24(15-30)21-9-5-6-10-22(21)26/h4-11,24H,12-16H2,1-3H3,(H,27,28)/t24-/m1/s1. The van der Waals surface area contributed by atoms with Crippen molar-refractivity contribution >= 4 is 5.91 Å². The summed E-state index contributed by atoms with van der Waals surface area (Å²) in [4.78, 5) is 16.8. The number of aromatic amines is 1. The fourth-order valence-electron chi connectivity index (χ4n) is 4.16. The van der Waals surface area contributed by atoms with E-state index in [-0.39, 0.29) is 18.3 Å². The van der Waals surface area contributed by atoms with Gasteiger partial charge in [0.15, 0.2) is 0 Å². The molecule has 3 aromatic rings. The highest BCUT2D eigenvalue weighted by molar-refractivity contribution is 5.78. The number of halogens is 1. The molecular weight excluding hydrogens is 407 g/mol. The molecule has 0 spiro atoms. The van der Waals surface area contributed by atoms with Crippen molar-refractivity contribution in [3.8, 4) is 5.75 Å². The lowest BCUT2D eigenvalue weighted by atomic mass is 10.1. The summed E-state index contributed by atoms with van der Waals surface area (Å²) in [7, 11) is 1.82. The first kappa shape index (κ1) is 22.0. The van der Waals surface area contributed by atoms with Crippen LogP contribution in [0.4, 0.5) is 4.39 Å². The van der Waals surface area contributed by atoms with Gasteiger partial charge in [-0.05, 0) is 38.0 Å². The third-order valence-electron chi connectivity index (χ3n) is 6.07. The molecule has 1 atom stereocenters. The first-order valence-corrected chi connectivity index (χ1v) is 10.9. The predicted octanol–water partition coefficient (Wildman–Crippen LogP) is 3.80. The third-order valence-corrected chi connectivity index (χ3v) is 6.07. The zero-order valence-electron chi connectivity index (χ0n) is 18.8. The summed E-state index contributed by atoms with van der Waals surface area (Å²) in [5.74, 6) is 0.455. The fraction of sp³-hybridized carbons (Fsp3) is 0.360. The van der Waals surface area contributed by atoms with Gasteiger partial charge in [-0.3, -0.25) is 14.8 Å². The number of likely N-dealkylation sites (N-methyl/N-ethyl adjacent to an activating group) is 1. The number of rotatable bonds is 6. The van der Waals surface area contributed by atoms with E-state index in [2.05, 4.69) is 10.2 Å². The summed E-state index contributed by atoms with van der Waals surface area (Å²) >= 11 is 0. The number of carbonyl (C=O) groups is 1. The molecular formula is C25H29FN4O2. The van der Waals surface area contributed by atoms with E-state index in [0.717, 1.165) is 34.7 Å². The van der Waals surface area contributed by atoms with Crippen molar-refractivity contribution in [2.75, 3.05) is 26.7 Å². The number of nitrogens with one attached hydrogen (secondary N) is 1. The number of aromatic nitrogens is 2. The molecule has 6 nitrogen and oxygen atoms in total. The Morgan fingerprint density at radius 2 is 1.97 bits per heavy atom. The van der Waals surface area contributed by atoms with Gasteiger partial charge >= 0.3 is 0 Å². The molecule has 0 aliphatic carbocycles. The fourth-order valence-corrected chi connectivity index (χ4v) is 4.16. The van der Waals surface area contributed by atoms with Crippen molar-refractivity contribution in [3.63, 3.8) is 0 Å². The van der Waals surface area contributed by atoms with E-state index >= 15 is 0 Å². The highest BCUT2D eigenvalue weighted by Crippen LogP contribution is 2.32. The normalized spacial score (nSPS) is 16.2. The van der Waals surface area contributed by atoms with Crippen molar-refractivity contribution in [1.82, 2.24) is 20.0 Å². The second kappa shape index (κ2) is 9.53. The van der Waals surface area contributed by atoms with Gasteiger partial charge in [0, 0.05) is 43.5 Å². The van der Waals surface area contributed by atoms with Gasteiger partial charge in [0.2, 0.25) is 5.91 Å². The summed E-state index contributed by atoms with van der Waals surface area (Å²) in [6.45, 7) is 5.81. The van der Waals surface area contributed by atoms with Crippen LogP contribution in [-0.2, 0) is 17.8 Å². The molecule has 2 aromatic carbocycles. The molecule has 4 rings (SSSR count). The largest absolute Gasteiger partial charge is 0.484 e. The number of H-pyrrole nitrogens is 1. The van der Waals surface area contributed by atoms with Crippen molar-refractivity contribution in [1.29, 1.82) is 0 Å². The van der Waals surface area contributed by atoms with Crippen molar-refractivity contribution in [2.24, 2.45) is 0 Å². The number of aryl methyl sites for hydroxylation is 2. The molecule has 0 fully saturated rings. The van der Waals surface area contributed by atoms with Crippen molar-refractivity contribution in [2.45, 2.75) is 32.9 Å². The van der Waals surface area contributed by atoms with Crippen LogP contribution >= 0.6 is 0 Å². The van der Waals surface area contributed by atoms with Crippen LogP contribution in [0.15, 0.2) is 48.5 Å². The molecule has 168 valence electrons. The highest BCUT2D eigenvalue weighted by Gasteiger charge is 2.27. The maximum Gasteiger partial charge on any atom is 0.236 e. The van der Waals surface area contributed by atoms with Gasteiger partial charge in [-0.1, -0.05) is 36.4 Å². The molecule has 0 saturated carbocycles. The lowest BCUT2D eigenvalue weighted by Gasteiger charge is -2.26. The van der Waals surface area contributed by atoms with Gasteiger partial charge in [-0.25, -0.2) is 4.39 Å². The van der Waals surface area contributed by atoms with Crippen LogP contribution in [-0.4, -0.2) is 52.6 Å². The average molecular weight is 437 g/mol. The van der Waals surface area contributed by atoms with Crippen molar-refractivity contribution < 1.29 is 13.9 Å². The molecule has 1 amide bonds. The SMILES string of the molecule is Cc1n[nH]c(C)c1CCN(C)C(=O)CN1Cc2ccccc2O[C@@H](c2ccccc2F)C1. The maximum atomic E-state index is 14.5. The number of benzene rings is 2. The number of para-hydroxylation sites is 1. The lowest BCUT2D eigenvalue weighted by molar-refractivity contribution is -0.131. The third kappa shape index (κ3) is 4.83. The molecule has 0 radical (unpaired) electrons. The van der Waals surface area contributed by atoms with Gasteiger partial charge in [-0.15, -0.1) is 0 Å². The number of hydrogen-bond acceptors (Lipinski definition) is 4. The molecule has 0 bridgehead atoms. The molecule has 0 unspecified atom stereocenters. The van der Waals surface area contributed by atoms with E-state index in [1.165, 1.54) is 6.07 Å². The zero-order valence-corrected chi connectivity index (χ0v) is 18.8. The summed E-state index contributed by atoms with van der Waals surface area (Å²) in [5.41, 5.74) is 4.66. The molecule has 32 heavy (non-hydrogen) atoms. The van der Waals surface area contributed by atoms with Crippen LogP contribution in [0.5, 0.6) is 5.75 Å². The van der Waals surface area contributed by atoms with Crippen LogP contribution in [0.1, 0.15) is 34.2 Å². The molecule has 1 N–H and O–H groups in total. The Labute approximate surface area is 188 Å². The topological polar surface area (TPSA) is 61.5 Å². The predicted molar refractivity (Wildman–Crippen MR) is 121 cm³/mol. The first-order valence-electron chi connectivity index (χ1n) is 10.9. The van der Waals surface area contributed by atoms with Gasteiger partial charge in [-0.2, -0.15) is 5.10 Å². The number of amides is 1. The Morgan fingerprint density at radius 3 is 2.72 bits per heavy atom. The Hall–Kier alpha value is -3.19. The highest BCUT2D eigenvalue weighted by atomic mass is 19.1. The molecule has 2 heterocycles. The Balaban J connectivity index is 1.48. The van der Waals surface area contributed by atoms with E-state index in [0.29, 0.717) is 25.2 Å². The summed E-state index contributed by atoms with van der Waals surface area (Å²) in [5, 5.41) is 7.22. The number of ether oxygens (including phenoxy) is 1. The lowest BCUT2D eigenvalue weighted by Crippen LogP contribution is -2.40. The quantitative estimate of drug-likeness (QED) is 0.639. The Bertz CT molecular complexity index is 1080. The van der Waals surface area contributed by atoms with Crippen LogP contribution in [0.2, 0.25) is 0 Å². The minimum Gasteiger partial charge on any atom is -0.484 e. The van der Waals surface area contributed by atoms with Crippen LogP contribution in [0.3, 0.4) is 0 Å². The van der Waals surface area contributed by atoms with Crippen LogP contribution < -0.4 is 4.74 Å². The molecule has 0 saturated heterocycles. The number of carbonyl (C=O) groups excluding carboxylic acids is 1. The number of fused-ring (bicyclic) bond motifs is 1. The minimum atomic E-state index is -0.491. The molecule has 1 aliphatic heterocycles. The van der Waals surface area contributed by atoms with E-state index in [9.17, 15) is 9.18 Å². The molecule has 1 aromatic heterocycles. The Morgan fingerprint density at radius 1 is 1.22 bits per heavy atom. The monoisotopic (exact) mass is 436 g/mol. The van der Waals surface area contributed by atoms with E-state index in [1.807, 2.05) is 56.1 Å². The van der Waals surface area contributed by atoms with E-state index in [1.54, 1.807) is 17.0 Å². The Kier molecular flexibility index (Phi) is 6.55. The summed E-state index contributed by atoms with van der Waals surface area (Å²) < 4.78 is 20.7. The van der Waals surface area contributed by atoms with Gasteiger partial charge in [0.1, 0.15) is 17.7 Å². The van der Waals surface area contributed by atoms with Gasteiger partial charge < -0.3 is 9.64 Å². The first-order chi connectivity index (χ1) is 15.4. The van der Waals surface area contributed by atoms with Crippen molar-refractivity contribution in [3.05, 3.63) is 82.4 Å². The smallest absolute Gasteiger partial charge is 0.236 e. The van der Waals surface area contributed by atoms with E-state index < -0.39 is 6.10 Å².